The Morgan fingerprint density at radius 2 is 1.43 bits per heavy atom. The minimum absolute atomic E-state index is 0. The molecular formula is C8H19CuO4P+2. The number of unbranched alkanes of at least 4 members (excludes halogenated alkanes) is 2. The smallest absolute Gasteiger partial charge is 0.302 e. The Morgan fingerprint density at radius 1 is 1.07 bits per heavy atom. The molecule has 0 aromatic rings. The first kappa shape index (κ1) is 17.0. The second kappa shape index (κ2) is 10.2. The number of phosphoric ester groups is 1. The molecule has 0 aromatic carbocycles. The topological polar surface area (TPSA) is 55.8 Å². The molecule has 0 heterocycles. The van der Waals surface area contributed by atoms with E-state index >= 15 is 0 Å². The van der Waals surface area contributed by atoms with Crippen LogP contribution in [0.1, 0.15) is 39.5 Å². The first-order valence-corrected chi connectivity index (χ1v) is 6.23. The summed E-state index contributed by atoms with van der Waals surface area (Å²) in [5.41, 5.74) is 0. The van der Waals surface area contributed by atoms with E-state index in [0.717, 1.165) is 25.7 Å². The number of rotatable bonds is 8. The third kappa shape index (κ3) is 10.7. The molecule has 14 heavy (non-hydrogen) atoms. The first-order chi connectivity index (χ1) is 6.12. The van der Waals surface area contributed by atoms with Crippen molar-refractivity contribution in [2.75, 3.05) is 13.2 Å². The van der Waals surface area contributed by atoms with E-state index in [2.05, 4.69) is 0 Å². The van der Waals surface area contributed by atoms with E-state index in [1.807, 2.05) is 13.8 Å². The van der Waals surface area contributed by atoms with Gasteiger partial charge in [0.15, 0.2) is 0 Å². The van der Waals surface area contributed by atoms with Gasteiger partial charge in [-0.25, -0.2) is 4.57 Å². The summed E-state index contributed by atoms with van der Waals surface area (Å²) in [6, 6.07) is 0. The minimum Gasteiger partial charge on any atom is -0.302 e. The van der Waals surface area contributed by atoms with E-state index in [0.29, 0.717) is 0 Å². The van der Waals surface area contributed by atoms with Gasteiger partial charge in [0.05, 0.1) is 13.2 Å². The van der Waals surface area contributed by atoms with E-state index in [4.69, 9.17) is 13.9 Å². The zero-order valence-electron chi connectivity index (χ0n) is 8.66. The molecule has 0 aliphatic rings. The Hall–Kier alpha value is 0.629. The van der Waals surface area contributed by atoms with Crippen LogP contribution in [-0.2, 0) is 30.7 Å². The Labute approximate surface area is 96.5 Å². The average molecular weight is 274 g/mol. The van der Waals surface area contributed by atoms with Crippen molar-refractivity contribution in [3.8, 4) is 0 Å². The molecule has 89 valence electrons. The Bertz CT molecular complexity index is 151. The Morgan fingerprint density at radius 3 is 1.71 bits per heavy atom. The van der Waals surface area contributed by atoms with Crippen molar-refractivity contribution in [2.24, 2.45) is 0 Å². The van der Waals surface area contributed by atoms with E-state index in [1.165, 1.54) is 0 Å². The van der Waals surface area contributed by atoms with E-state index in [9.17, 15) is 4.57 Å². The average Bonchev–Trinajstić information content (AvgIpc) is 2.05. The molecule has 0 amide bonds. The van der Waals surface area contributed by atoms with Gasteiger partial charge >= 0.3 is 24.9 Å². The van der Waals surface area contributed by atoms with Crippen LogP contribution in [0.25, 0.3) is 0 Å². The van der Waals surface area contributed by atoms with Gasteiger partial charge in [0.25, 0.3) is 0 Å². The monoisotopic (exact) mass is 273 g/mol. The van der Waals surface area contributed by atoms with Crippen LogP contribution in [-0.4, -0.2) is 18.1 Å². The van der Waals surface area contributed by atoms with Crippen LogP contribution in [0.3, 0.4) is 0 Å². The van der Waals surface area contributed by atoms with Crippen molar-refractivity contribution in [3.63, 3.8) is 0 Å². The van der Waals surface area contributed by atoms with Crippen LogP contribution in [0.4, 0.5) is 0 Å². The van der Waals surface area contributed by atoms with Crippen LogP contribution in [0.15, 0.2) is 0 Å². The molecule has 4 nitrogen and oxygen atoms in total. The number of phosphoric acid groups is 1. The summed E-state index contributed by atoms with van der Waals surface area (Å²) in [6.45, 7) is 4.56. The fraction of sp³-hybridized carbons (Fsp3) is 1.00. The van der Waals surface area contributed by atoms with Crippen molar-refractivity contribution in [1.82, 2.24) is 0 Å². The standard InChI is InChI=1S/C8H19O4P.Cu/c1-3-5-7-11-13(9,10)12-8-6-4-2;/h3-8H2,1-2H3,(H,9,10);/q;+2. The largest absolute Gasteiger partial charge is 2.00 e. The van der Waals surface area contributed by atoms with Gasteiger partial charge in [-0.2, -0.15) is 0 Å². The zero-order valence-corrected chi connectivity index (χ0v) is 10.5. The van der Waals surface area contributed by atoms with E-state index in [-0.39, 0.29) is 30.3 Å². The fourth-order valence-electron chi connectivity index (χ4n) is 0.686. The van der Waals surface area contributed by atoms with Crippen molar-refractivity contribution in [2.45, 2.75) is 39.5 Å². The Balaban J connectivity index is 0. The van der Waals surface area contributed by atoms with Gasteiger partial charge < -0.3 is 4.89 Å². The first-order valence-electron chi connectivity index (χ1n) is 4.74. The summed E-state index contributed by atoms with van der Waals surface area (Å²) in [6.07, 6.45) is 3.44. The molecule has 0 aliphatic heterocycles. The second-order valence-electron chi connectivity index (χ2n) is 2.84. The minimum atomic E-state index is -3.75. The van der Waals surface area contributed by atoms with E-state index < -0.39 is 7.82 Å². The van der Waals surface area contributed by atoms with Crippen molar-refractivity contribution in [1.29, 1.82) is 0 Å². The van der Waals surface area contributed by atoms with Crippen LogP contribution in [0.2, 0.25) is 0 Å². The summed E-state index contributed by atoms with van der Waals surface area (Å²) in [5, 5.41) is 0. The fourth-order valence-corrected chi connectivity index (χ4v) is 1.48. The third-order valence-electron chi connectivity index (χ3n) is 1.50. The molecule has 0 spiro atoms. The molecule has 1 radical (unpaired) electrons. The van der Waals surface area contributed by atoms with Gasteiger partial charge in [-0.15, -0.1) is 0 Å². The molecule has 0 fully saturated rings. The quantitative estimate of drug-likeness (QED) is 0.420. The molecule has 6 heteroatoms. The van der Waals surface area contributed by atoms with Gasteiger partial charge in [0.2, 0.25) is 0 Å². The molecular weight excluding hydrogens is 255 g/mol. The summed E-state index contributed by atoms with van der Waals surface area (Å²) >= 11 is 0. The molecule has 0 saturated heterocycles. The van der Waals surface area contributed by atoms with Gasteiger partial charge in [0.1, 0.15) is 0 Å². The molecule has 0 bridgehead atoms. The van der Waals surface area contributed by atoms with Crippen molar-refractivity contribution < 1.29 is 35.6 Å². The molecule has 0 atom stereocenters. The maximum absolute atomic E-state index is 11.1. The van der Waals surface area contributed by atoms with E-state index in [1.54, 1.807) is 0 Å². The molecule has 0 saturated carbocycles. The van der Waals surface area contributed by atoms with Crippen LogP contribution in [0.5, 0.6) is 0 Å². The van der Waals surface area contributed by atoms with Crippen molar-refractivity contribution >= 4 is 7.82 Å². The SMILES string of the molecule is CCCCOP(=O)(O)OCCCC.[Cu+2]. The molecule has 0 aliphatic carbocycles. The number of hydrogen-bond donors (Lipinski definition) is 1. The molecule has 0 unspecified atom stereocenters. The molecule has 1 N–H and O–H groups in total. The predicted octanol–water partition coefficient (Wildman–Crippen LogP) is 2.72. The second-order valence-corrected chi connectivity index (χ2v) is 4.30. The maximum Gasteiger partial charge on any atom is 2.00 e. The summed E-state index contributed by atoms with van der Waals surface area (Å²) in [7, 11) is -3.75. The van der Waals surface area contributed by atoms with Crippen LogP contribution in [0, 0.1) is 0 Å². The van der Waals surface area contributed by atoms with Crippen molar-refractivity contribution in [3.05, 3.63) is 0 Å². The van der Waals surface area contributed by atoms with Gasteiger partial charge in [0, 0.05) is 0 Å². The Kier molecular flexibility index (Phi) is 12.4. The van der Waals surface area contributed by atoms with Crippen LogP contribution < -0.4 is 0 Å². The van der Waals surface area contributed by atoms with Crippen LogP contribution >= 0.6 is 7.82 Å². The summed E-state index contributed by atoms with van der Waals surface area (Å²) in [4.78, 5) is 9.08. The zero-order chi connectivity index (χ0) is 10.2. The van der Waals surface area contributed by atoms with Gasteiger partial charge in [-0.05, 0) is 12.8 Å². The third-order valence-corrected chi connectivity index (χ3v) is 2.52. The predicted molar refractivity (Wildman–Crippen MR) is 51.5 cm³/mol. The van der Waals surface area contributed by atoms with Gasteiger partial charge in [-0.1, -0.05) is 26.7 Å². The summed E-state index contributed by atoms with van der Waals surface area (Å²) in [5.74, 6) is 0. The number of hydrogen-bond acceptors (Lipinski definition) is 3. The van der Waals surface area contributed by atoms with Gasteiger partial charge in [-0.3, -0.25) is 9.05 Å². The summed E-state index contributed by atoms with van der Waals surface area (Å²) < 4.78 is 20.5. The normalized spacial score (nSPS) is 11.1. The maximum atomic E-state index is 11.1. The molecule has 0 aromatic heterocycles. The molecule has 0 rings (SSSR count).